The van der Waals surface area contributed by atoms with Gasteiger partial charge in [-0.15, -0.1) is 13.2 Å². The average molecular weight is 149 g/mol. The fraction of sp³-hybridized carbons (Fsp3) is 0.400. The largest absolute Gasteiger partial charge is 0.237 e. The van der Waals surface area contributed by atoms with Gasteiger partial charge in [0.25, 0.3) is 0 Å². The number of hydrogen-bond acceptors (Lipinski definition) is 1. The third-order valence-corrected chi connectivity index (χ3v) is 1.52. The lowest BCUT2D eigenvalue weighted by molar-refractivity contribution is 0.489. The molecule has 0 aliphatic heterocycles. The summed E-state index contributed by atoms with van der Waals surface area (Å²) in [4.78, 5) is 4.13. The molecule has 0 aromatic rings. The van der Waals surface area contributed by atoms with Gasteiger partial charge in [-0.05, 0) is 32.2 Å². The molecule has 60 valence electrons. The normalized spacial score (nSPS) is 9.91. The highest BCUT2D eigenvalue weighted by Crippen LogP contribution is 2.19. The zero-order valence-corrected chi connectivity index (χ0v) is 7.14. The summed E-state index contributed by atoms with van der Waals surface area (Å²) >= 11 is 0. The van der Waals surface area contributed by atoms with E-state index in [1.165, 1.54) is 0 Å². The second kappa shape index (κ2) is 4.70. The molecule has 0 radical (unpaired) electrons. The predicted molar refractivity (Wildman–Crippen MR) is 51.1 cm³/mol. The third-order valence-electron chi connectivity index (χ3n) is 1.52. The average Bonchev–Trinajstić information content (AvgIpc) is 1.88. The maximum atomic E-state index is 4.13. The van der Waals surface area contributed by atoms with Crippen LogP contribution in [0.5, 0.6) is 0 Å². The highest BCUT2D eigenvalue weighted by atomic mass is 14.8. The molecule has 0 fully saturated rings. The first-order valence-electron chi connectivity index (χ1n) is 3.64. The molecule has 0 spiro atoms. The van der Waals surface area contributed by atoms with Gasteiger partial charge < -0.3 is 0 Å². The second-order valence-electron chi connectivity index (χ2n) is 2.75. The Hall–Kier alpha value is -1.07. The van der Waals surface area contributed by atoms with E-state index in [1.807, 2.05) is 19.1 Å². The van der Waals surface area contributed by atoms with Gasteiger partial charge in [-0.25, -0.2) is 4.99 Å². The Morgan fingerprint density at radius 2 is 1.82 bits per heavy atom. The highest BCUT2D eigenvalue weighted by Gasteiger charge is 2.18. The molecule has 1 nitrogen and oxygen atoms in total. The number of aliphatic imine (C=N–C) groups is 1. The van der Waals surface area contributed by atoms with Gasteiger partial charge in [-0.3, -0.25) is 0 Å². The van der Waals surface area contributed by atoms with E-state index in [0.717, 1.165) is 12.8 Å². The molecule has 0 aliphatic carbocycles. The molecule has 0 bridgehead atoms. The molecular formula is C10H15N. The van der Waals surface area contributed by atoms with Gasteiger partial charge in [0.1, 0.15) is 0 Å². The smallest absolute Gasteiger partial charge is 0.0742 e. The quantitative estimate of drug-likeness (QED) is 0.421. The van der Waals surface area contributed by atoms with E-state index in [9.17, 15) is 0 Å². The van der Waals surface area contributed by atoms with Crippen LogP contribution < -0.4 is 0 Å². The lowest BCUT2D eigenvalue weighted by atomic mass is 9.95. The van der Waals surface area contributed by atoms with Gasteiger partial charge in [-0.2, -0.15) is 0 Å². The van der Waals surface area contributed by atoms with Gasteiger partial charge >= 0.3 is 0 Å². The monoisotopic (exact) mass is 149 g/mol. The SMILES string of the molecule is C=C=NC(C)(CC=C)CC=C. The van der Waals surface area contributed by atoms with E-state index in [0.29, 0.717) is 0 Å². The van der Waals surface area contributed by atoms with Gasteiger partial charge in [0.2, 0.25) is 0 Å². The first-order chi connectivity index (χ1) is 5.18. The molecular weight excluding hydrogens is 134 g/mol. The summed E-state index contributed by atoms with van der Waals surface area (Å²) in [7, 11) is 0. The summed E-state index contributed by atoms with van der Waals surface area (Å²) in [6.07, 6.45) is 5.37. The fourth-order valence-corrected chi connectivity index (χ4v) is 0.987. The zero-order chi connectivity index (χ0) is 8.74. The maximum Gasteiger partial charge on any atom is 0.0742 e. The van der Waals surface area contributed by atoms with E-state index < -0.39 is 0 Å². The molecule has 0 atom stereocenters. The van der Waals surface area contributed by atoms with E-state index in [4.69, 9.17) is 0 Å². The number of nitrogens with zero attached hydrogens (tertiary/aromatic N) is 1. The Morgan fingerprint density at radius 3 is 2.09 bits per heavy atom. The van der Waals surface area contributed by atoms with Gasteiger partial charge in [0.05, 0.1) is 5.54 Å². The van der Waals surface area contributed by atoms with Crippen molar-refractivity contribution in [1.29, 1.82) is 0 Å². The van der Waals surface area contributed by atoms with Crippen molar-refractivity contribution in [2.24, 2.45) is 4.99 Å². The van der Waals surface area contributed by atoms with Crippen molar-refractivity contribution in [3.8, 4) is 0 Å². The minimum absolute atomic E-state index is 0.134. The van der Waals surface area contributed by atoms with Gasteiger partial charge in [0.15, 0.2) is 0 Å². The minimum Gasteiger partial charge on any atom is -0.237 e. The Balaban J connectivity index is 4.34. The van der Waals surface area contributed by atoms with Crippen LogP contribution in [0.25, 0.3) is 0 Å². The second-order valence-corrected chi connectivity index (χ2v) is 2.75. The number of rotatable bonds is 5. The van der Waals surface area contributed by atoms with E-state index >= 15 is 0 Å². The predicted octanol–water partition coefficient (Wildman–Crippen LogP) is 2.75. The van der Waals surface area contributed by atoms with Crippen LogP contribution in [0.4, 0.5) is 0 Å². The highest BCUT2D eigenvalue weighted by molar-refractivity contribution is 5.47. The van der Waals surface area contributed by atoms with Crippen molar-refractivity contribution in [2.75, 3.05) is 0 Å². The summed E-state index contributed by atoms with van der Waals surface area (Å²) in [6, 6.07) is 0. The van der Waals surface area contributed by atoms with Crippen LogP contribution in [0, 0.1) is 0 Å². The van der Waals surface area contributed by atoms with Crippen LogP contribution >= 0.6 is 0 Å². The number of hydrogen-bond donors (Lipinski definition) is 0. The van der Waals surface area contributed by atoms with Crippen LogP contribution in [0.2, 0.25) is 0 Å². The van der Waals surface area contributed by atoms with Crippen LogP contribution in [0.1, 0.15) is 19.8 Å². The molecule has 0 heterocycles. The fourth-order valence-electron chi connectivity index (χ4n) is 0.987. The lowest BCUT2D eigenvalue weighted by Gasteiger charge is -2.19. The summed E-state index contributed by atoms with van der Waals surface area (Å²) in [5, 5.41) is 0. The van der Waals surface area contributed by atoms with Crippen LogP contribution in [0.15, 0.2) is 36.9 Å². The molecule has 11 heavy (non-hydrogen) atoms. The first kappa shape index (κ1) is 9.93. The Labute approximate surface area is 68.9 Å². The molecule has 0 saturated carbocycles. The molecule has 0 saturated heterocycles. The maximum absolute atomic E-state index is 4.13. The first-order valence-corrected chi connectivity index (χ1v) is 3.64. The lowest BCUT2D eigenvalue weighted by Crippen LogP contribution is -2.19. The van der Waals surface area contributed by atoms with Crippen molar-refractivity contribution in [3.63, 3.8) is 0 Å². The molecule has 0 aromatic carbocycles. The molecule has 0 N–H and O–H groups in total. The van der Waals surface area contributed by atoms with Crippen LogP contribution in [-0.4, -0.2) is 11.4 Å². The standard InChI is InChI=1S/C10H15N/c1-5-8-10(4,9-6-2)11-7-3/h5-6H,1-3,8-9H2,4H3. The summed E-state index contributed by atoms with van der Waals surface area (Å²) in [5.74, 6) is 2.56. The minimum atomic E-state index is -0.134. The molecule has 0 aliphatic rings. The van der Waals surface area contributed by atoms with Gasteiger partial charge in [-0.1, -0.05) is 12.2 Å². The van der Waals surface area contributed by atoms with Crippen LogP contribution in [-0.2, 0) is 0 Å². The Morgan fingerprint density at radius 1 is 1.36 bits per heavy atom. The molecule has 1 heteroatoms. The molecule has 0 amide bonds. The van der Waals surface area contributed by atoms with E-state index in [1.54, 1.807) is 0 Å². The van der Waals surface area contributed by atoms with Crippen LogP contribution in [0.3, 0.4) is 0 Å². The summed E-state index contributed by atoms with van der Waals surface area (Å²) in [5.41, 5.74) is -0.134. The zero-order valence-electron chi connectivity index (χ0n) is 7.14. The van der Waals surface area contributed by atoms with Crippen molar-refractivity contribution < 1.29 is 0 Å². The summed E-state index contributed by atoms with van der Waals surface area (Å²) < 4.78 is 0. The van der Waals surface area contributed by atoms with E-state index in [2.05, 4.69) is 30.6 Å². The van der Waals surface area contributed by atoms with Crippen molar-refractivity contribution >= 4 is 5.87 Å². The van der Waals surface area contributed by atoms with Crippen molar-refractivity contribution in [1.82, 2.24) is 0 Å². The summed E-state index contributed by atoms with van der Waals surface area (Å²) in [6.45, 7) is 12.8. The molecule has 0 unspecified atom stereocenters. The van der Waals surface area contributed by atoms with Gasteiger partial charge in [0, 0.05) is 0 Å². The van der Waals surface area contributed by atoms with Crippen molar-refractivity contribution in [3.05, 3.63) is 31.9 Å². The molecule has 0 aromatic heterocycles. The Bertz CT molecular complexity index is 175. The third kappa shape index (κ3) is 3.59. The topological polar surface area (TPSA) is 12.4 Å². The Kier molecular flexibility index (Phi) is 4.24. The van der Waals surface area contributed by atoms with Crippen molar-refractivity contribution in [2.45, 2.75) is 25.3 Å². The van der Waals surface area contributed by atoms with E-state index in [-0.39, 0.29) is 5.54 Å². The molecule has 0 rings (SSSR count).